The van der Waals surface area contributed by atoms with Gasteiger partial charge in [0, 0.05) is 19.3 Å². The minimum absolute atomic E-state index is 0.214. The summed E-state index contributed by atoms with van der Waals surface area (Å²) in [6.07, 6.45) is 2.66. The summed E-state index contributed by atoms with van der Waals surface area (Å²) in [5, 5.41) is 4.37. The van der Waals surface area contributed by atoms with Crippen LogP contribution in [0.1, 0.15) is 12.1 Å². The zero-order chi connectivity index (χ0) is 18.7. The lowest BCUT2D eigenvalue weighted by Gasteiger charge is -2.24. The van der Waals surface area contributed by atoms with E-state index >= 15 is 0 Å². The Morgan fingerprint density at radius 3 is 2.58 bits per heavy atom. The molecule has 0 radical (unpaired) electrons. The lowest BCUT2D eigenvalue weighted by atomic mass is 10.1. The minimum Gasteiger partial charge on any atom is -0.497 e. The first-order valence-electron chi connectivity index (χ1n) is 8.70. The van der Waals surface area contributed by atoms with Crippen molar-refractivity contribution in [3.05, 3.63) is 42.2 Å². The van der Waals surface area contributed by atoms with Gasteiger partial charge in [0.1, 0.15) is 5.75 Å². The van der Waals surface area contributed by atoms with Crippen LogP contribution in [0.3, 0.4) is 0 Å². The molecule has 1 aliphatic heterocycles. The molecule has 0 unspecified atom stereocenters. The first-order chi connectivity index (χ1) is 12.4. The minimum atomic E-state index is -3.58. The number of nitrogens with zero attached hydrogens (tertiary/aromatic N) is 4. The molecule has 7 nitrogen and oxygen atoms in total. The van der Waals surface area contributed by atoms with Crippen molar-refractivity contribution >= 4 is 10.0 Å². The molecule has 1 aliphatic rings. The van der Waals surface area contributed by atoms with Crippen LogP contribution in [0.5, 0.6) is 5.75 Å². The predicted octanol–water partition coefficient (Wildman–Crippen LogP) is 1.66. The predicted molar refractivity (Wildman–Crippen MR) is 99.5 cm³/mol. The maximum absolute atomic E-state index is 13.2. The highest BCUT2D eigenvalue weighted by atomic mass is 32.2. The Bertz CT molecular complexity index is 830. The first kappa shape index (κ1) is 18.9. The molecule has 0 spiro atoms. The molecule has 0 amide bonds. The van der Waals surface area contributed by atoms with Crippen molar-refractivity contribution in [2.24, 2.45) is 5.92 Å². The van der Waals surface area contributed by atoms with E-state index in [9.17, 15) is 8.42 Å². The van der Waals surface area contributed by atoms with Crippen LogP contribution in [0.25, 0.3) is 0 Å². The smallest absolute Gasteiger partial charge is 0.243 e. The average Bonchev–Trinajstić information content (AvgIpc) is 2.97. The average molecular weight is 378 g/mol. The Morgan fingerprint density at radius 1 is 1.19 bits per heavy atom. The van der Waals surface area contributed by atoms with E-state index in [1.807, 2.05) is 24.8 Å². The molecule has 0 bridgehead atoms. The maximum Gasteiger partial charge on any atom is 0.243 e. The molecule has 2 aromatic rings. The third-order valence-electron chi connectivity index (χ3n) is 4.72. The van der Waals surface area contributed by atoms with Gasteiger partial charge < -0.3 is 9.64 Å². The second kappa shape index (κ2) is 7.77. The number of fused-ring (bicyclic) bond motifs is 1. The molecule has 142 valence electrons. The van der Waals surface area contributed by atoms with E-state index in [1.54, 1.807) is 41.9 Å². The van der Waals surface area contributed by atoms with E-state index in [4.69, 9.17) is 4.74 Å². The van der Waals surface area contributed by atoms with Crippen LogP contribution < -0.4 is 4.74 Å². The molecule has 0 saturated carbocycles. The zero-order valence-corrected chi connectivity index (χ0v) is 16.3. The van der Waals surface area contributed by atoms with Gasteiger partial charge in [-0.15, -0.1) is 0 Å². The number of sulfonamides is 1. The molecule has 26 heavy (non-hydrogen) atoms. The van der Waals surface area contributed by atoms with Crippen LogP contribution in [0, 0.1) is 5.92 Å². The first-order valence-corrected chi connectivity index (χ1v) is 10.1. The Hall–Kier alpha value is -1.90. The third-order valence-corrected chi connectivity index (χ3v) is 6.54. The van der Waals surface area contributed by atoms with Gasteiger partial charge >= 0.3 is 0 Å². The molecular weight excluding hydrogens is 352 g/mol. The fourth-order valence-corrected chi connectivity index (χ4v) is 4.68. The van der Waals surface area contributed by atoms with Crippen LogP contribution in [-0.2, 0) is 23.1 Å². The Balaban J connectivity index is 1.88. The van der Waals surface area contributed by atoms with E-state index in [0.717, 1.165) is 25.2 Å². The Labute approximate surface area is 155 Å². The molecule has 2 heterocycles. The van der Waals surface area contributed by atoms with Crippen LogP contribution in [0.4, 0.5) is 0 Å². The summed E-state index contributed by atoms with van der Waals surface area (Å²) in [6.45, 7) is 2.49. The lowest BCUT2D eigenvalue weighted by molar-refractivity contribution is 0.285. The highest BCUT2D eigenvalue weighted by molar-refractivity contribution is 7.89. The number of ether oxygens (including phenoxy) is 1. The molecular formula is C18H26N4O3S. The molecule has 0 N–H and O–H groups in total. The fourth-order valence-electron chi connectivity index (χ4n) is 3.20. The van der Waals surface area contributed by atoms with Crippen molar-refractivity contribution in [1.29, 1.82) is 0 Å². The van der Waals surface area contributed by atoms with Crippen LogP contribution in [0.2, 0.25) is 0 Å². The van der Waals surface area contributed by atoms with Gasteiger partial charge in [-0.1, -0.05) is 0 Å². The van der Waals surface area contributed by atoms with Gasteiger partial charge in [-0.3, -0.25) is 4.68 Å². The van der Waals surface area contributed by atoms with Crippen LogP contribution in [-0.4, -0.2) is 61.7 Å². The highest BCUT2D eigenvalue weighted by Gasteiger charge is 2.31. The molecule has 1 atom stereocenters. The number of hydrogen-bond donors (Lipinski definition) is 0. The largest absolute Gasteiger partial charge is 0.497 e. The Morgan fingerprint density at radius 2 is 1.92 bits per heavy atom. The number of aromatic nitrogens is 2. The van der Waals surface area contributed by atoms with E-state index < -0.39 is 10.0 Å². The van der Waals surface area contributed by atoms with Crippen molar-refractivity contribution in [1.82, 2.24) is 19.0 Å². The number of methoxy groups -OCH3 is 1. The van der Waals surface area contributed by atoms with Gasteiger partial charge in [-0.2, -0.15) is 9.40 Å². The summed E-state index contributed by atoms with van der Waals surface area (Å²) >= 11 is 0. The Kier molecular flexibility index (Phi) is 5.64. The fraction of sp³-hybridized carbons (Fsp3) is 0.500. The second-order valence-corrected chi connectivity index (χ2v) is 8.87. The van der Waals surface area contributed by atoms with E-state index in [2.05, 4.69) is 10.00 Å². The van der Waals surface area contributed by atoms with Gasteiger partial charge in [0.15, 0.2) is 0 Å². The van der Waals surface area contributed by atoms with Gasteiger partial charge in [0.05, 0.1) is 24.2 Å². The van der Waals surface area contributed by atoms with Crippen molar-refractivity contribution < 1.29 is 13.2 Å². The second-order valence-electron chi connectivity index (χ2n) is 6.94. The molecule has 0 saturated heterocycles. The summed E-state index contributed by atoms with van der Waals surface area (Å²) < 4.78 is 35.0. The van der Waals surface area contributed by atoms with Gasteiger partial charge in [-0.05, 0) is 63.3 Å². The quantitative estimate of drug-likeness (QED) is 0.765. The third kappa shape index (κ3) is 4.08. The van der Waals surface area contributed by atoms with Crippen LogP contribution >= 0.6 is 0 Å². The molecule has 0 aliphatic carbocycles. The van der Waals surface area contributed by atoms with E-state index in [0.29, 0.717) is 18.8 Å². The number of hydrogen-bond acceptors (Lipinski definition) is 5. The summed E-state index contributed by atoms with van der Waals surface area (Å²) in [6, 6.07) is 8.46. The maximum atomic E-state index is 13.2. The highest BCUT2D eigenvalue weighted by Crippen LogP contribution is 2.26. The number of rotatable bonds is 6. The summed E-state index contributed by atoms with van der Waals surface area (Å²) in [7, 11) is 2.04. The van der Waals surface area contributed by atoms with Crippen molar-refractivity contribution in [3.63, 3.8) is 0 Å². The normalized spacial score (nSPS) is 18.5. The van der Waals surface area contributed by atoms with Gasteiger partial charge in [0.2, 0.25) is 10.0 Å². The molecule has 1 aromatic carbocycles. The number of benzene rings is 1. The van der Waals surface area contributed by atoms with Gasteiger partial charge in [0.25, 0.3) is 0 Å². The van der Waals surface area contributed by atoms with Gasteiger partial charge in [-0.25, -0.2) is 8.42 Å². The lowest BCUT2D eigenvalue weighted by Crippen LogP contribution is -2.34. The van der Waals surface area contributed by atoms with E-state index in [1.165, 1.54) is 0 Å². The summed E-state index contributed by atoms with van der Waals surface area (Å²) in [5.41, 5.74) is 0.925. The van der Waals surface area contributed by atoms with Crippen molar-refractivity contribution in [2.75, 3.05) is 34.3 Å². The van der Waals surface area contributed by atoms with Crippen molar-refractivity contribution in [2.45, 2.75) is 24.4 Å². The molecule has 8 heteroatoms. The standard InChI is InChI=1S/C18H26N4O3S/c1-20(2)11-9-15-12-21(14-16-8-10-19-22(16)13-15)26(23,24)18-6-4-17(25-3)5-7-18/h4-8,10,15H,9,11-14H2,1-3H3/t15-/m0/s1. The summed E-state index contributed by atoms with van der Waals surface area (Å²) in [5.74, 6) is 0.855. The van der Waals surface area contributed by atoms with E-state index in [-0.39, 0.29) is 10.8 Å². The monoisotopic (exact) mass is 378 g/mol. The topological polar surface area (TPSA) is 67.7 Å². The molecule has 1 aromatic heterocycles. The zero-order valence-electron chi connectivity index (χ0n) is 15.5. The van der Waals surface area contributed by atoms with Crippen LogP contribution in [0.15, 0.2) is 41.4 Å². The van der Waals surface area contributed by atoms with Crippen molar-refractivity contribution in [3.8, 4) is 5.75 Å². The molecule has 3 rings (SSSR count). The SMILES string of the molecule is COc1ccc(S(=O)(=O)N2Cc3ccnn3C[C@@H](CCN(C)C)C2)cc1. The summed E-state index contributed by atoms with van der Waals surface area (Å²) in [4.78, 5) is 2.41. The molecule has 0 fully saturated rings.